The number of hydrogen-bond donors (Lipinski definition) is 1. The second-order valence-electron chi connectivity index (χ2n) is 6.38. The van der Waals surface area contributed by atoms with E-state index in [0.29, 0.717) is 6.10 Å². The Labute approximate surface area is 123 Å². The maximum atomic E-state index is 6.26. The van der Waals surface area contributed by atoms with E-state index in [2.05, 4.69) is 24.1 Å². The largest absolute Gasteiger partial charge is 0.374 e. The van der Waals surface area contributed by atoms with Crippen LogP contribution in [-0.4, -0.2) is 55.2 Å². The summed E-state index contributed by atoms with van der Waals surface area (Å²) in [5.74, 6) is 1.51. The predicted molar refractivity (Wildman–Crippen MR) is 80.9 cm³/mol. The Hall–Kier alpha value is 0.170. The molecule has 112 valence electrons. The van der Waals surface area contributed by atoms with E-state index in [-0.39, 0.29) is 5.54 Å². The van der Waals surface area contributed by atoms with Crippen molar-refractivity contribution < 1.29 is 4.74 Å². The third-order valence-electron chi connectivity index (χ3n) is 4.72. The quantitative estimate of drug-likeness (QED) is 0.787. The predicted octanol–water partition coefficient (Wildman–Crippen LogP) is 2.48. The molecule has 0 amide bonds. The highest BCUT2D eigenvalue weighted by atomic mass is 35.5. The lowest BCUT2D eigenvalue weighted by atomic mass is 9.77. The molecule has 3 nitrogen and oxygen atoms in total. The van der Waals surface area contributed by atoms with Crippen LogP contribution in [0.4, 0.5) is 0 Å². The van der Waals surface area contributed by atoms with E-state index < -0.39 is 0 Å². The first-order valence-electron chi connectivity index (χ1n) is 7.82. The Morgan fingerprint density at radius 3 is 3.00 bits per heavy atom. The van der Waals surface area contributed by atoms with Crippen LogP contribution in [-0.2, 0) is 4.74 Å². The molecule has 3 atom stereocenters. The molecule has 0 aromatic carbocycles. The molecule has 1 N–H and O–H groups in total. The summed E-state index contributed by atoms with van der Waals surface area (Å²) in [5, 5.41) is 3.75. The summed E-state index contributed by atoms with van der Waals surface area (Å²) in [4.78, 5) is 2.46. The van der Waals surface area contributed by atoms with E-state index in [9.17, 15) is 0 Å². The normalized spacial score (nSPS) is 37.4. The van der Waals surface area contributed by atoms with Crippen molar-refractivity contribution in [2.75, 3.05) is 38.7 Å². The summed E-state index contributed by atoms with van der Waals surface area (Å²) < 4.78 is 5.87. The van der Waals surface area contributed by atoms with Crippen molar-refractivity contribution in [3.05, 3.63) is 0 Å². The lowest BCUT2D eigenvalue weighted by molar-refractivity contribution is -0.0296. The van der Waals surface area contributed by atoms with Gasteiger partial charge in [-0.2, -0.15) is 0 Å². The average Bonchev–Trinajstić information content (AvgIpc) is 2.45. The number of likely N-dealkylation sites (N-methyl/N-ethyl adjacent to an activating group) is 1. The van der Waals surface area contributed by atoms with Gasteiger partial charge >= 0.3 is 0 Å². The van der Waals surface area contributed by atoms with Crippen LogP contribution in [0.15, 0.2) is 0 Å². The fourth-order valence-electron chi connectivity index (χ4n) is 3.51. The smallest absolute Gasteiger partial charge is 0.0826 e. The fourth-order valence-corrected chi connectivity index (χ4v) is 3.85. The van der Waals surface area contributed by atoms with E-state index in [0.717, 1.165) is 44.6 Å². The summed E-state index contributed by atoms with van der Waals surface area (Å²) in [6, 6.07) is 0. The first kappa shape index (κ1) is 15.6. The molecule has 1 aliphatic heterocycles. The van der Waals surface area contributed by atoms with Crippen molar-refractivity contribution in [2.24, 2.45) is 5.92 Å². The highest BCUT2D eigenvalue weighted by Crippen LogP contribution is 2.33. The van der Waals surface area contributed by atoms with Gasteiger partial charge in [-0.3, -0.25) is 4.90 Å². The van der Waals surface area contributed by atoms with E-state index in [1.807, 2.05) is 0 Å². The molecule has 0 radical (unpaired) electrons. The van der Waals surface area contributed by atoms with Crippen LogP contribution in [0.25, 0.3) is 0 Å². The van der Waals surface area contributed by atoms with Gasteiger partial charge in [-0.15, -0.1) is 11.6 Å². The Morgan fingerprint density at radius 1 is 1.47 bits per heavy atom. The second kappa shape index (κ2) is 7.26. The third-order valence-corrected chi connectivity index (χ3v) is 5.23. The van der Waals surface area contributed by atoms with Crippen molar-refractivity contribution in [1.82, 2.24) is 10.2 Å². The van der Waals surface area contributed by atoms with Gasteiger partial charge in [0.2, 0.25) is 0 Å². The SMILES string of the molecule is CCN1CCOC(CNC2(CCl)CCCC(C)C2)C1. The summed E-state index contributed by atoms with van der Waals surface area (Å²) in [5.41, 5.74) is 0.150. The number of rotatable bonds is 5. The molecule has 2 rings (SSSR count). The van der Waals surface area contributed by atoms with E-state index in [4.69, 9.17) is 16.3 Å². The number of morpholine rings is 1. The molecule has 4 heteroatoms. The van der Waals surface area contributed by atoms with Crippen LogP contribution in [0.5, 0.6) is 0 Å². The Morgan fingerprint density at radius 2 is 2.32 bits per heavy atom. The van der Waals surface area contributed by atoms with Gasteiger partial charge < -0.3 is 10.1 Å². The number of nitrogens with one attached hydrogen (secondary N) is 1. The van der Waals surface area contributed by atoms with Gasteiger partial charge in [-0.25, -0.2) is 0 Å². The standard InChI is InChI=1S/C15H29ClN2O/c1-3-18-7-8-19-14(11-18)10-17-15(12-16)6-4-5-13(2)9-15/h13-14,17H,3-12H2,1-2H3. The minimum absolute atomic E-state index is 0.150. The Bertz CT molecular complexity index is 277. The number of alkyl halides is 1. The Kier molecular flexibility index (Phi) is 5.94. The molecular formula is C15H29ClN2O. The molecule has 3 unspecified atom stereocenters. The topological polar surface area (TPSA) is 24.5 Å². The van der Waals surface area contributed by atoms with Gasteiger partial charge in [0, 0.05) is 31.1 Å². The zero-order valence-corrected chi connectivity index (χ0v) is 13.2. The van der Waals surface area contributed by atoms with Gasteiger partial charge in [0.15, 0.2) is 0 Å². The summed E-state index contributed by atoms with van der Waals surface area (Å²) in [6.07, 6.45) is 5.40. The fraction of sp³-hybridized carbons (Fsp3) is 1.00. The average molecular weight is 289 g/mol. The van der Waals surface area contributed by atoms with Crippen LogP contribution in [0.2, 0.25) is 0 Å². The van der Waals surface area contributed by atoms with Crippen LogP contribution in [0.3, 0.4) is 0 Å². The van der Waals surface area contributed by atoms with Gasteiger partial charge in [0.25, 0.3) is 0 Å². The van der Waals surface area contributed by atoms with Crippen molar-refractivity contribution in [3.8, 4) is 0 Å². The Balaban J connectivity index is 1.82. The highest BCUT2D eigenvalue weighted by molar-refractivity contribution is 6.18. The van der Waals surface area contributed by atoms with Crippen LogP contribution in [0.1, 0.15) is 39.5 Å². The molecule has 0 spiro atoms. The van der Waals surface area contributed by atoms with Crippen molar-refractivity contribution in [3.63, 3.8) is 0 Å². The van der Waals surface area contributed by atoms with Crippen LogP contribution < -0.4 is 5.32 Å². The lowest BCUT2D eigenvalue weighted by Gasteiger charge is -2.41. The molecule has 2 fully saturated rings. The molecule has 1 saturated heterocycles. The maximum Gasteiger partial charge on any atom is 0.0826 e. The van der Waals surface area contributed by atoms with Crippen molar-refractivity contribution in [1.29, 1.82) is 0 Å². The molecule has 2 aliphatic rings. The number of halogens is 1. The monoisotopic (exact) mass is 288 g/mol. The molecule has 1 aliphatic carbocycles. The first-order chi connectivity index (χ1) is 9.17. The van der Waals surface area contributed by atoms with Gasteiger partial charge in [-0.05, 0) is 25.3 Å². The molecule has 1 heterocycles. The zero-order valence-electron chi connectivity index (χ0n) is 12.5. The molecule has 0 bridgehead atoms. The molecule has 1 saturated carbocycles. The van der Waals surface area contributed by atoms with Gasteiger partial charge in [-0.1, -0.05) is 26.7 Å². The van der Waals surface area contributed by atoms with Gasteiger partial charge in [0.1, 0.15) is 0 Å². The number of ether oxygens (including phenoxy) is 1. The van der Waals surface area contributed by atoms with E-state index >= 15 is 0 Å². The molecule has 19 heavy (non-hydrogen) atoms. The van der Waals surface area contributed by atoms with E-state index in [1.54, 1.807) is 0 Å². The maximum absolute atomic E-state index is 6.26. The minimum atomic E-state index is 0.150. The van der Waals surface area contributed by atoms with Gasteiger partial charge in [0.05, 0.1) is 12.7 Å². The first-order valence-corrected chi connectivity index (χ1v) is 8.36. The molecular weight excluding hydrogens is 260 g/mol. The summed E-state index contributed by atoms with van der Waals surface area (Å²) in [6.45, 7) is 9.62. The van der Waals surface area contributed by atoms with Crippen molar-refractivity contribution in [2.45, 2.75) is 51.2 Å². The van der Waals surface area contributed by atoms with Crippen molar-refractivity contribution >= 4 is 11.6 Å². The number of hydrogen-bond acceptors (Lipinski definition) is 3. The third kappa shape index (κ3) is 4.32. The summed E-state index contributed by atoms with van der Waals surface area (Å²) in [7, 11) is 0. The van der Waals surface area contributed by atoms with Crippen LogP contribution in [0, 0.1) is 5.92 Å². The second-order valence-corrected chi connectivity index (χ2v) is 6.65. The zero-order chi connectivity index (χ0) is 13.7. The van der Waals surface area contributed by atoms with Crippen LogP contribution >= 0.6 is 11.6 Å². The molecule has 0 aromatic heterocycles. The number of nitrogens with zero attached hydrogens (tertiary/aromatic N) is 1. The molecule has 0 aromatic rings. The minimum Gasteiger partial charge on any atom is -0.374 e. The highest BCUT2D eigenvalue weighted by Gasteiger charge is 2.34. The van der Waals surface area contributed by atoms with E-state index in [1.165, 1.54) is 25.7 Å². The summed E-state index contributed by atoms with van der Waals surface area (Å²) >= 11 is 6.26. The lowest BCUT2D eigenvalue weighted by Crippen LogP contribution is -2.55.